The molecule has 0 spiro atoms. The third-order valence-corrected chi connectivity index (χ3v) is 6.58. The first-order valence-corrected chi connectivity index (χ1v) is 9.35. The molecule has 0 aliphatic carbocycles. The van der Waals surface area contributed by atoms with Crippen LogP contribution in [0.3, 0.4) is 0 Å². The predicted octanol–water partition coefficient (Wildman–Crippen LogP) is 3.44. The predicted molar refractivity (Wildman–Crippen MR) is 92.1 cm³/mol. The molecule has 1 unspecified atom stereocenters. The standard InChI is InChI=1S/C18H21N3OS/c1-12-17(23-11-19-12)18-21(14-4-2-3-5-16(14)22-18)15-10-20-8-6-13(15)7-9-20/h2-5,11,13,15,18H,6-10H2,1H3/t15?,18-/m0/s1. The minimum absolute atomic E-state index is 0.00884. The number of piperidine rings is 3. The van der Waals surface area contributed by atoms with Crippen molar-refractivity contribution in [2.24, 2.45) is 5.92 Å². The number of thiazole rings is 1. The van der Waals surface area contributed by atoms with Crippen molar-refractivity contribution in [3.05, 3.63) is 40.3 Å². The van der Waals surface area contributed by atoms with Crippen LogP contribution in [0.2, 0.25) is 0 Å². The number of rotatable bonds is 2. The summed E-state index contributed by atoms with van der Waals surface area (Å²) in [5, 5.41) is 0. The molecule has 5 heterocycles. The van der Waals surface area contributed by atoms with Gasteiger partial charge in [-0.25, -0.2) is 4.98 Å². The van der Waals surface area contributed by atoms with Gasteiger partial charge in [0.1, 0.15) is 5.75 Å². The van der Waals surface area contributed by atoms with Crippen LogP contribution in [0.25, 0.3) is 0 Å². The number of anilines is 1. The molecule has 5 heteroatoms. The van der Waals surface area contributed by atoms with Gasteiger partial charge in [-0.05, 0) is 50.9 Å². The fourth-order valence-corrected chi connectivity index (χ4v) is 5.23. The van der Waals surface area contributed by atoms with Crippen molar-refractivity contribution in [3.63, 3.8) is 0 Å². The summed E-state index contributed by atoms with van der Waals surface area (Å²) in [7, 11) is 0. The van der Waals surface area contributed by atoms with E-state index in [0.717, 1.165) is 23.9 Å². The van der Waals surface area contributed by atoms with Crippen LogP contribution in [0, 0.1) is 12.8 Å². The summed E-state index contributed by atoms with van der Waals surface area (Å²) in [4.78, 5) is 10.9. The molecule has 2 bridgehead atoms. The highest BCUT2D eigenvalue weighted by atomic mass is 32.1. The van der Waals surface area contributed by atoms with Crippen LogP contribution >= 0.6 is 11.3 Å². The van der Waals surface area contributed by atoms with E-state index in [4.69, 9.17) is 4.74 Å². The van der Waals surface area contributed by atoms with Crippen LogP contribution in [0.5, 0.6) is 5.75 Å². The van der Waals surface area contributed by atoms with Crippen LogP contribution < -0.4 is 9.64 Å². The van der Waals surface area contributed by atoms with Gasteiger partial charge in [-0.3, -0.25) is 0 Å². The second-order valence-corrected chi connectivity index (χ2v) is 7.74. The van der Waals surface area contributed by atoms with E-state index in [9.17, 15) is 0 Å². The molecule has 4 aliphatic rings. The topological polar surface area (TPSA) is 28.6 Å². The number of fused-ring (bicyclic) bond motifs is 4. The fraction of sp³-hybridized carbons (Fsp3) is 0.500. The smallest absolute Gasteiger partial charge is 0.210 e. The molecule has 2 atom stereocenters. The van der Waals surface area contributed by atoms with Crippen LogP contribution in [0.15, 0.2) is 29.8 Å². The molecule has 4 nitrogen and oxygen atoms in total. The van der Waals surface area contributed by atoms with Crippen LogP contribution in [0.1, 0.15) is 29.6 Å². The Hall–Kier alpha value is -1.59. The lowest BCUT2D eigenvalue weighted by Crippen LogP contribution is -2.57. The molecular weight excluding hydrogens is 306 g/mol. The molecule has 1 aromatic heterocycles. The number of hydrogen-bond donors (Lipinski definition) is 0. The monoisotopic (exact) mass is 327 g/mol. The number of hydrogen-bond acceptors (Lipinski definition) is 5. The van der Waals surface area contributed by atoms with Crippen LogP contribution in [-0.2, 0) is 0 Å². The first kappa shape index (κ1) is 13.8. The first-order valence-electron chi connectivity index (χ1n) is 8.47. The van der Waals surface area contributed by atoms with Crippen LogP contribution in [0.4, 0.5) is 5.69 Å². The largest absolute Gasteiger partial charge is 0.463 e. The van der Waals surface area contributed by atoms with Crippen LogP contribution in [-0.4, -0.2) is 35.6 Å². The lowest BCUT2D eigenvalue weighted by atomic mass is 9.83. The van der Waals surface area contributed by atoms with Gasteiger partial charge in [-0.2, -0.15) is 0 Å². The Morgan fingerprint density at radius 3 is 2.74 bits per heavy atom. The Morgan fingerprint density at radius 1 is 1.22 bits per heavy atom. The summed E-state index contributed by atoms with van der Waals surface area (Å²) in [6, 6.07) is 9.05. The maximum atomic E-state index is 6.38. The van der Waals surface area contributed by atoms with E-state index in [1.165, 1.54) is 36.5 Å². The summed E-state index contributed by atoms with van der Waals surface area (Å²) in [5.74, 6) is 1.80. The normalized spacial score (nSPS) is 32.0. The Bertz CT molecular complexity index is 723. The second-order valence-electron chi connectivity index (χ2n) is 6.85. The van der Waals surface area contributed by atoms with Crippen molar-refractivity contribution in [2.75, 3.05) is 24.5 Å². The highest BCUT2D eigenvalue weighted by Gasteiger charge is 2.45. The molecular formula is C18H21N3OS. The second kappa shape index (κ2) is 5.21. The summed E-state index contributed by atoms with van der Waals surface area (Å²) >= 11 is 1.71. The van der Waals surface area contributed by atoms with Gasteiger partial charge in [0, 0.05) is 12.6 Å². The number of para-hydroxylation sites is 2. The average Bonchev–Trinajstić information content (AvgIpc) is 3.18. The van der Waals surface area contributed by atoms with E-state index in [2.05, 4.69) is 46.0 Å². The van der Waals surface area contributed by atoms with E-state index < -0.39 is 0 Å². The van der Waals surface area contributed by atoms with Crippen molar-refractivity contribution in [1.82, 2.24) is 9.88 Å². The maximum absolute atomic E-state index is 6.38. The quantitative estimate of drug-likeness (QED) is 0.845. The SMILES string of the molecule is Cc1ncsc1[C@@H]1Oc2ccccc2N1C1CN2CCC1CC2. The summed E-state index contributed by atoms with van der Waals surface area (Å²) in [6.07, 6.45) is 2.63. The van der Waals surface area contributed by atoms with Gasteiger partial charge in [0.2, 0.25) is 6.23 Å². The molecule has 0 N–H and O–H groups in total. The van der Waals surface area contributed by atoms with Gasteiger partial charge in [0.25, 0.3) is 0 Å². The molecule has 2 aromatic rings. The number of ether oxygens (including phenoxy) is 1. The number of benzene rings is 1. The summed E-state index contributed by atoms with van der Waals surface area (Å²) < 4.78 is 6.38. The molecule has 0 saturated carbocycles. The molecule has 3 fully saturated rings. The Balaban J connectivity index is 1.58. The highest BCUT2D eigenvalue weighted by molar-refractivity contribution is 7.09. The third kappa shape index (κ3) is 2.10. The molecule has 0 amide bonds. The zero-order chi connectivity index (χ0) is 15.4. The third-order valence-electron chi connectivity index (χ3n) is 5.62. The van der Waals surface area contributed by atoms with Gasteiger partial charge in [0.05, 0.1) is 21.8 Å². The van der Waals surface area contributed by atoms with Crippen molar-refractivity contribution in [3.8, 4) is 5.75 Å². The zero-order valence-electron chi connectivity index (χ0n) is 13.3. The minimum Gasteiger partial charge on any atom is -0.463 e. The van der Waals surface area contributed by atoms with E-state index >= 15 is 0 Å². The van der Waals surface area contributed by atoms with E-state index in [0.29, 0.717) is 6.04 Å². The minimum atomic E-state index is -0.00884. The number of nitrogens with zero attached hydrogens (tertiary/aromatic N) is 3. The molecule has 3 saturated heterocycles. The Labute approximate surface area is 140 Å². The average molecular weight is 327 g/mol. The lowest BCUT2D eigenvalue weighted by Gasteiger charge is -2.49. The Morgan fingerprint density at radius 2 is 2.04 bits per heavy atom. The van der Waals surface area contributed by atoms with E-state index in [-0.39, 0.29) is 6.23 Å². The fourth-order valence-electron chi connectivity index (χ4n) is 4.40. The zero-order valence-corrected chi connectivity index (χ0v) is 14.1. The van der Waals surface area contributed by atoms with Gasteiger partial charge in [-0.15, -0.1) is 11.3 Å². The summed E-state index contributed by atoms with van der Waals surface area (Å²) in [6.45, 7) is 5.78. The molecule has 0 radical (unpaired) electrons. The van der Waals surface area contributed by atoms with Gasteiger partial charge >= 0.3 is 0 Å². The first-order chi connectivity index (χ1) is 11.3. The van der Waals surface area contributed by atoms with Crippen molar-refractivity contribution < 1.29 is 4.74 Å². The van der Waals surface area contributed by atoms with Gasteiger partial charge < -0.3 is 14.5 Å². The molecule has 4 aliphatic heterocycles. The number of aromatic nitrogens is 1. The van der Waals surface area contributed by atoms with Crippen molar-refractivity contribution in [1.29, 1.82) is 0 Å². The number of aryl methyl sites for hydroxylation is 1. The summed E-state index contributed by atoms with van der Waals surface area (Å²) in [5.41, 5.74) is 4.29. The van der Waals surface area contributed by atoms with Crippen molar-refractivity contribution >= 4 is 17.0 Å². The molecule has 1 aromatic carbocycles. The van der Waals surface area contributed by atoms with E-state index in [1.807, 2.05) is 5.51 Å². The van der Waals surface area contributed by atoms with Crippen molar-refractivity contribution in [2.45, 2.75) is 32.0 Å². The molecule has 6 rings (SSSR count). The molecule has 23 heavy (non-hydrogen) atoms. The molecule has 120 valence electrons. The lowest BCUT2D eigenvalue weighted by molar-refractivity contribution is 0.0703. The maximum Gasteiger partial charge on any atom is 0.210 e. The van der Waals surface area contributed by atoms with E-state index in [1.54, 1.807) is 11.3 Å². The van der Waals surface area contributed by atoms with Gasteiger partial charge in [0.15, 0.2) is 0 Å². The van der Waals surface area contributed by atoms with Gasteiger partial charge in [-0.1, -0.05) is 12.1 Å². The highest BCUT2D eigenvalue weighted by Crippen LogP contribution is 2.48. The Kier molecular flexibility index (Phi) is 3.13.